The van der Waals surface area contributed by atoms with Crippen LogP contribution in [0.5, 0.6) is 0 Å². The highest BCUT2D eigenvalue weighted by Gasteiger charge is 2.39. The van der Waals surface area contributed by atoms with Crippen molar-refractivity contribution in [3.05, 3.63) is 18.2 Å². The van der Waals surface area contributed by atoms with Crippen molar-refractivity contribution in [3.63, 3.8) is 0 Å². The number of aromatic nitrogens is 2. The van der Waals surface area contributed by atoms with Crippen molar-refractivity contribution in [1.82, 2.24) is 14.5 Å². The molecule has 0 amide bonds. The van der Waals surface area contributed by atoms with E-state index in [2.05, 4.69) is 28.5 Å². The highest BCUT2D eigenvalue weighted by atomic mass is 16.5. The molecule has 2 fully saturated rings. The third-order valence-corrected chi connectivity index (χ3v) is 5.33. The number of aryl methyl sites for hydroxylation is 2. The van der Waals surface area contributed by atoms with Crippen LogP contribution in [0.3, 0.4) is 0 Å². The van der Waals surface area contributed by atoms with Gasteiger partial charge in [0.1, 0.15) is 5.82 Å². The summed E-state index contributed by atoms with van der Waals surface area (Å²) < 4.78 is 13.8. The first-order valence-electron chi connectivity index (χ1n) is 8.57. The van der Waals surface area contributed by atoms with Gasteiger partial charge in [-0.3, -0.25) is 0 Å². The molecule has 3 heterocycles. The summed E-state index contributed by atoms with van der Waals surface area (Å²) in [5.41, 5.74) is 0.0924. The van der Waals surface area contributed by atoms with Crippen LogP contribution >= 0.6 is 0 Å². The van der Waals surface area contributed by atoms with Crippen LogP contribution in [0.15, 0.2) is 12.4 Å². The lowest BCUT2D eigenvalue weighted by Crippen LogP contribution is -2.50. The van der Waals surface area contributed by atoms with E-state index in [4.69, 9.17) is 9.47 Å². The Kier molecular flexibility index (Phi) is 5.16. The Labute approximate surface area is 133 Å². The topological polar surface area (TPSA) is 39.5 Å². The van der Waals surface area contributed by atoms with Crippen molar-refractivity contribution in [2.45, 2.75) is 50.2 Å². The molecule has 124 valence electrons. The maximum Gasteiger partial charge on any atom is 0.108 e. The summed E-state index contributed by atoms with van der Waals surface area (Å²) in [5.74, 6) is 1.18. The Balaban J connectivity index is 1.47. The van der Waals surface area contributed by atoms with Crippen LogP contribution < -0.4 is 0 Å². The van der Waals surface area contributed by atoms with Crippen molar-refractivity contribution < 1.29 is 9.47 Å². The molecule has 22 heavy (non-hydrogen) atoms. The van der Waals surface area contributed by atoms with Gasteiger partial charge in [0.15, 0.2) is 0 Å². The molecule has 2 saturated heterocycles. The minimum Gasteiger partial charge on any atom is -0.381 e. The molecule has 3 rings (SSSR count). The second-order valence-electron chi connectivity index (χ2n) is 6.83. The van der Waals surface area contributed by atoms with E-state index in [0.29, 0.717) is 6.04 Å². The molecule has 5 nitrogen and oxygen atoms in total. The fourth-order valence-corrected chi connectivity index (χ4v) is 3.78. The van der Waals surface area contributed by atoms with Gasteiger partial charge in [0, 0.05) is 51.7 Å². The van der Waals surface area contributed by atoms with Crippen LogP contribution in [0.4, 0.5) is 0 Å². The molecule has 0 radical (unpaired) electrons. The van der Waals surface area contributed by atoms with Gasteiger partial charge < -0.3 is 18.9 Å². The average molecular weight is 307 g/mol. The van der Waals surface area contributed by atoms with Gasteiger partial charge in [-0.1, -0.05) is 0 Å². The summed E-state index contributed by atoms with van der Waals surface area (Å²) in [4.78, 5) is 6.93. The van der Waals surface area contributed by atoms with E-state index in [0.717, 1.165) is 64.9 Å². The first-order valence-corrected chi connectivity index (χ1v) is 8.57. The second kappa shape index (κ2) is 7.11. The van der Waals surface area contributed by atoms with E-state index in [1.54, 1.807) is 0 Å². The molecule has 2 aliphatic heterocycles. The summed E-state index contributed by atoms with van der Waals surface area (Å²) in [6, 6.07) is 0.647. The van der Waals surface area contributed by atoms with Crippen molar-refractivity contribution in [2.75, 3.05) is 33.4 Å². The number of ether oxygens (including phenoxy) is 2. The van der Waals surface area contributed by atoms with E-state index in [-0.39, 0.29) is 5.60 Å². The Morgan fingerprint density at radius 3 is 2.91 bits per heavy atom. The molecule has 0 aliphatic carbocycles. The molecule has 0 unspecified atom stereocenters. The molecule has 0 bridgehead atoms. The van der Waals surface area contributed by atoms with Crippen molar-refractivity contribution in [2.24, 2.45) is 7.05 Å². The van der Waals surface area contributed by atoms with E-state index in [9.17, 15) is 0 Å². The minimum atomic E-state index is 0.0924. The zero-order chi connectivity index (χ0) is 15.4. The first-order chi connectivity index (χ1) is 10.7. The molecule has 1 spiro atoms. The quantitative estimate of drug-likeness (QED) is 0.834. The molecule has 0 N–H and O–H groups in total. The summed E-state index contributed by atoms with van der Waals surface area (Å²) in [6.07, 6.45) is 10.6. The van der Waals surface area contributed by atoms with Crippen LogP contribution in [0.25, 0.3) is 0 Å². The third kappa shape index (κ3) is 3.70. The van der Waals surface area contributed by atoms with Gasteiger partial charge in [-0.2, -0.15) is 0 Å². The molecule has 1 aromatic heterocycles. The van der Waals surface area contributed by atoms with E-state index in [1.807, 2.05) is 12.4 Å². The Morgan fingerprint density at radius 2 is 2.18 bits per heavy atom. The van der Waals surface area contributed by atoms with Crippen LogP contribution in [-0.4, -0.2) is 59.5 Å². The predicted octanol–water partition coefficient (Wildman–Crippen LogP) is 2.01. The lowest BCUT2D eigenvalue weighted by atomic mass is 9.83. The van der Waals surface area contributed by atoms with Crippen molar-refractivity contribution in [3.8, 4) is 0 Å². The van der Waals surface area contributed by atoms with Crippen LogP contribution in [0, 0.1) is 0 Å². The van der Waals surface area contributed by atoms with Gasteiger partial charge in [0.05, 0.1) is 5.60 Å². The Bertz CT molecular complexity index is 463. The van der Waals surface area contributed by atoms with Crippen molar-refractivity contribution in [1.29, 1.82) is 0 Å². The van der Waals surface area contributed by atoms with E-state index in [1.165, 1.54) is 5.82 Å². The number of imidazole rings is 1. The van der Waals surface area contributed by atoms with Crippen molar-refractivity contribution >= 4 is 0 Å². The van der Waals surface area contributed by atoms with Gasteiger partial charge in [0.25, 0.3) is 0 Å². The summed E-state index contributed by atoms with van der Waals surface area (Å²) in [5, 5.41) is 0. The smallest absolute Gasteiger partial charge is 0.108 e. The Morgan fingerprint density at radius 1 is 1.36 bits per heavy atom. The molecule has 0 saturated carbocycles. The molecular weight excluding hydrogens is 278 g/mol. The molecule has 5 heteroatoms. The summed E-state index contributed by atoms with van der Waals surface area (Å²) in [7, 11) is 4.33. The average Bonchev–Trinajstić information content (AvgIpc) is 2.93. The van der Waals surface area contributed by atoms with Crippen LogP contribution in [0.2, 0.25) is 0 Å². The fraction of sp³-hybridized carbons (Fsp3) is 0.824. The SMILES string of the molecule is CN(CCCc1nccn1C)[C@H]1CCOC2(CCOCC2)C1. The zero-order valence-electron chi connectivity index (χ0n) is 14.0. The Hall–Kier alpha value is -0.910. The van der Waals surface area contributed by atoms with Gasteiger partial charge in [-0.05, 0) is 45.7 Å². The van der Waals surface area contributed by atoms with Gasteiger partial charge in [-0.15, -0.1) is 0 Å². The summed E-state index contributed by atoms with van der Waals surface area (Å²) >= 11 is 0. The molecular formula is C17H29N3O2. The van der Waals surface area contributed by atoms with Gasteiger partial charge >= 0.3 is 0 Å². The van der Waals surface area contributed by atoms with Gasteiger partial charge in [0.2, 0.25) is 0 Å². The minimum absolute atomic E-state index is 0.0924. The zero-order valence-corrected chi connectivity index (χ0v) is 14.0. The maximum atomic E-state index is 6.15. The van der Waals surface area contributed by atoms with Gasteiger partial charge in [-0.25, -0.2) is 4.98 Å². The molecule has 1 atom stereocenters. The standard InChI is InChI=1S/C17H29N3O2/c1-19(9-3-4-16-18-8-10-20(16)2)15-5-11-22-17(14-15)6-12-21-13-7-17/h8,10,15H,3-7,9,11-14H2,1-2H3/t15-/m0/s1. The highest BCUT2D eigenvalue weighted by molar-refractivity contribution is 4.93. The third-order valence-electron chi connectivity index (χ3n) is 5.33. The largest absolute Gasteiger partial charge is 0.381 e. The lowest BCUT2D eigenvalue weighted by molar-refractivity contribution is -0.149. The predicted molar refractivity (Wildman–Crippen MR) is 85.9 cm³/mol. The summed E-state index contributed by atoms with van der Waals surface area (Å²) in [6.45, 7) is 3.74. The number of hydrogen-bond acceptors (Lipinski definition) is 4. The fourth-order valence-electron chi connectivity index (χ4n) is 3.78. The first kappa shape index (κ1) is 16.0. The van der Waals surface area contributed by atoms with Crippen LogP contribution in [0.1, 0.15) is 37.9 Å². The lowest BCUT2D eigenvalue weighted by Gasteiger charge is -2.45. The molecule has 2 aliphatic rings. The van der Waals surface area contributed by atoms with E-state index >= 15 is 0 Å². The number of hydrogen-bond donors (Lipinski definition) is 0. The monoisotopic (exact) mass is 307 g/mol. The van der Waals surface area contributed by atoms with E-state index < -0.39 is 0 Å². The highest BCUT2D eigenvalue weighted by Crippen LogP contribution is 2.35. The molecule has 0 aromatic carbocycles. The normalized spacial score (nSPS) is 25.0. The number of rotatable bonds is 5. The number of nitrogens with zero attached hydrogens (tertiary/aromatic N) is 3. The molecule has 1 aromatic rings. The maximum absolute atomic E-state index is 6.15. The second-order valence-corrected chi connectivity index (χ2v) is 6.83. The van der Waals surface area contributed by atoms with Crippen LogP contribution in [-0.2, 0) is 22.9 Å².